The van der Waals surface area contributed by atoms with Gasteiger partial charge < -0.3 is 10.0 Å². The second-order valence-corrected chi connectivity index (χ2v) is 5.37. The Morgan fingerprint density at radius 3 is 2.73 bits per heavy atom. The first-order chi connectivity index (χ1) is 10.6. The van der Waals surface area contributed by atoms with E-state index in [9.17, 15) is 9.90 Å². The summed E-state index contributed by atoms with van der Waals surface area (Å²) in [5.74, 6) is -0.0145. The Bertz CT molecular complexity index is 827. The molecular formula is C16H14ClN3O2. The van der Waals surface area contributed by atoms with Crippen LogP contribution in [0.5, 0.6) is 5.75 Å². The van der Waals surface area contributed by atoms with Crippen LogP contribution in [0, 0.1) is 0 Å². The number of hydrogen-bond acceptors (Lipinski definition) is 3. The van der Waals surface area contributed by atoms with Crippen LogP contribution in [0.4, 0.5) is 0 Å². The number of benzene rings is 1. The van der Waals surface area contributed by atoms with Crippen molar-refractivity contribution in [3.8, 4) is 5.75 Å². The van der Waals surface area contributed by atoms with Crippen LogP contribution in [0.15, 0.2) is 48.7 Å². The molecule has 0 atom stereocenters. The van der Waals surface area contributed by atoms with Crippen LogP contribution in [0.2, 0.25) is 5.15 Å². The fourth-order valence-electron chi connectivity index (χ4n) is 2.29. The van der Waals surface area contributed by atoms with Gasteiger partial charge >= 0.3 is 0 Å². The molecule has 0 bridgehead atoms. The quantitative estimate of drug-likeness (QED) is 0.808. The maximum Gasteiger partial charge on any atom is 0.274 e. The number of pyridine rings is 1. The predicted octanol–water partition coefficient (Wildman–Crippen LogP) is 2.97. The molecule has 112 valence electrons. The summed E-state index contributed by atoms with van der Waals surface area (Å²) >= 11 is 6.12. The maximum atomic E-state index is 12.6. The Morgan fingerprint density at radius 2 is 2.00 bits per heavy atom. The molecule has 0 fully saturated rings. The van der Waals surface area contributed by atoms with Crippen molar-refractivity contribution >= 4 is 23.2 Å². The molecule has 0 radical (unpaired) electrons. The minimum absolute atomic E-state index is 0.189. The lowest BCUT2D eigenvalue weighted by Crippen LogP contribution is -2.27. The Kier molecular flexibility index (Phi) is 3.73. The van der Waals surface area contributed by atoms with Gasteiger partial charge in [-0.2, -0.15) is 0 Å². The number of aromatic hydroxyl groups is 1. The van der Waals surface area contributed by atoms with Crippen molar-refractivity contribution in [3.63, 3.8) is 0 Å². The number of carbonyl (C=O) groups is 1. The normalized spacial score (nSPS) is 10.8. The molecule has 1 amide bonds. The average Bonchev–Trinajstić information content (AvgIpc) is 2.84. The van der Waals surface area contributed by atoms with Crippen LogP contribution in [-0.4, -0.2) is 32.3 Å². The first-order valence-corrected chi connectivity index (χ1v) is 7.10. The smallest absolute Gasteiger partial charge is 0.274 e. The van der Waals surface area contributed by atoms with E-state index in [2.05, 4.69) is 4.98 Å². The van der Waals surface area contributed by atoms with Crippen LogP contribution < -0.4 is 0 Å². The molecule has 0 saturated carbocycles. The van der Waals surface area contributed by atoms with Crippen LogP contribution in [0.25, 0.3) is 5.65 Å². The first-order valence-electron chi connectivity index (χ1n) is 6.72. The number of imidazole rings is 1. The van der Waals surface area contributed by atoms with Crippen LogP contribution in [0.1, 0.15) is 16.1 Å². The zero-order chi connectivity index (χ0) is 15.7. The Hall–Kier alpha value is -2.53. The van der Waals surface area contributed by atoms with Crippen molar-refractivity contribution in [2.75, 3.05) is 7.05 Å². The Morgan fingerprint density at radius 1 is 1.27 bits per heavy atom. The van der Waals surface area contributed by atoms with E-state index in [-0.39, 0.29) is 16.8 Å². The van der Waals surface area contributed by atoms with E-state index in [1.807, 2.05) is 12.1 Å². The molecule has 3 rings (SSSR count). The Labute approximate surface area is 132 Å². The number of hydrogen-bond donors (Lipinski definition) is 1. The fraction of sp³-hybridized carbons (Fsp3) is 0.125. The molecule has 1 aromatic carbocycles. The third kappa shape index (κ3) is 2.63. The second-order valence-electron chi connectivity index (χ2n) is 5.01. The highest BCUT2D eigenvalue weighted by Crippen LogP contribution is 2.20. The molecule has 5 nitrogen and oxygen atoms in total. The number of carbonyl (C=O) groups excluding carboxylic acids is 1. The summed E-state index contributed by atoms with van der Waals surface area (Å²) < 4.78 is 1.68. The Balaban J connectivity index is 1.88. The molecule has 3 aromatic rings. The lowest BCUT2D eigenvalue weighted by atomic mass is 10.2. The van der Waals surface area contributed by atoms with Crippen molar-refractivity contribution in [1.29, 1.82) is 0 Å². The number of rotatable bonds is 3. The number of phenols is 1. The third-order valence-electron chi connectivity index (χ3n) is 3.39. The minimum Gasteiger partial charge on any atom is -0.508 e. The van der Waals surface area contributed by atoms with E-state index in [0.717, 1.165) is 5.56 Å². The molecular weight excluding hydrogens is 302 g/mol. The zero-order valence-electron chi connectivity index (χ0n) is 11.9. The molecule has 6 heteroatoms. The second kappa shape index (κ2) is 5.69. The van der Waals surface area contributed by atoms with Crippen molar-refractivity contribution < 1.29 is 9.90 Å². The maximum absolute atomic E-state index is 12.6. The van der Waals surface area contributed by atoms with Crippen LogP contribution in [-0.2, 0) is 6.54 Å². The monoisotopic (exact) mass is 315 g/mol. The average molecular weight is 316 g/mol. The summed E-state index contributed by atoms with van der Waals surface area (Å²) in [7, 11) is 1.70. The molecule has 0 aliphatic rings. The predicted molar refractivity (Wildman–Crippen MR) is 84.1 cm³/mol. The van der Waals surface area contributed by atoms with E-state index in [1.54, 1.807) is 52.9 Å². The van der Waals surface area contributed by atoms with Gasteiger partial charge in [0.1, 0.15) is 11.4 Å². The van der Waals surface area contributed by atoms with E-state index in [1.165, 1.54) is 0 Å². The molecule has 2 heterocycles. The van der Waals surface area contributed by atoms with Gasteiger partial charge in [-0.15, -0.1) is 0 Å². The van der Waals surface area contributed by atoms with Crippen LogP contribution in [0.3, 0.4) is 0 Å². The zero-order valence-corrected chi connectivity index (χ0v) is 12.7. The van der Waals surface area contributed by atoms with Gasteiger partial charge in [-0.05, 0) is 29.8 Å². The van der Waals surface area contributed by atoms with Gasteiger partial charge in [-0.1, -0.05) is 29.8 Å². The summed E-state index contributed by atoms with van der Waals surface area (Å²) in [5, 5.41) is 9.48. The lowest BCUT2D eigenvalue weighted by Gasteiger charge is -2.17. The number of amides is 1. The SMILES string of the molecule is CN(Cc1ccc(O)cc1)C(=O)c1c(Cl)nc2ccccn12. The summed E-state index contributed by atoms with van der Waals surface area (Å²) in [6, 6.07) is 12.2. The standard InChI is InChI=1S/C16H14ClN3O2/c1-19(10-11-5-7-12(21)8-6-11)16(22)14-15(17)18-13-4-2-3-9-20(13)14/h2-9,21H,10H2,1H3. The summed E-state index contributed by atoms with van der Waals surface area (Å²) in [5.41, 5.74) is 1.89. The molecule has 0 saturated heterocycles. The summed E-state index contributed by atoms with van der Waals surface area (Å²) in [6.07, 6.45) is 1.76. The molecule has 0 aliphatic heterocycles. The third-order valence-corrected chi connectivity index (χ3v) is 3.66. The van der Waals surface area contributed by atoms with E-state index >= 15 is 0 Å². The fourth-order valence-corrected chi connectivity index (χ4v) is 2.54. The van der Waals surface area contributed by atoms with E-state index in [4.69, 9.17) is 11.6 Å². The topological polar surface area (TPSA) is 57.8 Å². The van der Waals surface area contributed by atoms with Crippen molar-refractivity contribution in [1.82, 2.24) is 14.3 Å². The molecule has 22 heavy (non-hydrogen) atoms. The van der Waals surface area contributed by atoms with E-state index < -0.39 is 0 Å². The van der Waals surface area contributed by atoms with Gasteiger partial charge in [-0.3, -0.25) is 9.20 Å². The highest BCUT2D eigenvalue weighted by atomic mass is 35.5. The lowest BCUT2D eigenvalue weighted by molar-refractivity contribution is 0.0778. The molecule has 1 N–H and O–H groups in total. The molecule has 0 spiro atoms. The first kappa shape index (κ1) is 14.4. The van der Waals surface area contributed by atoms with Gasteiger partial charge in [0.2, 0.25) is 0 Å². The van der Waals surface area contributed by atoms with Crippen LogP contribution >= 0.6 is 11.6 Å². The summed E-state index contributed by atoms with van der Waals surface area (Å²) in [6.45, 7) is 0.412. The van der Waals surface area contributed by atoms with Gasteiger partial charge in [0.15, 0.2) is 10.8 Å². The highest BCUT2D eigenvalue weighted by Gasteiger charge is 2.21. The van der Waals surface area contributed by atoms with E-state index in [0.29, 0.717) is 17.9 Å². The number of nitrogens with zero attached hydrogens (tertiary/aromatic N) is 3. The number of halogens is 1. The number of aromatic nitrogens is 2. The number of fused-ring (bicyclic) bond motifs is 1. The molecule has 0 unspecified atom stereocenters. The molecule has 0 aliphatic carbocycles. The minimum atomic E-state index is -0.211. The highest BCUT2D eigenvalue weighted by molar-refractivity contribution is 6.32. The largest absolute Gasteiger partial charge is 0.508 e. The van der Waals surface area contributed by atoms with Crippen molar-refractivity contribution in [2.24, 2.45) is 0 Å². The summed E-state index contributed by atoms with van der Waals surface area (Å²) in [4.78, 5) is 18.4. The van der Waals surface area contributed by atoms with Gasteiger partial charge in [0.25, 0.3) is 5.91 Å². The van der Waals surface area contributed by atoms with Gasteiger partial charge in [0.05, 0.1) is 0 Å². The number of phenolic OH excluding ortho intramolecular Hbond substituents is 1. The van der Waals surface area contributed by atoms with Gasteiger partial charge in [-0.25, -0.2) is 4.98 Å². The van der Waals surface area contributed by atoms with Crippen molar-refractivity contribution in [2.45, 2.75) is 6.54 Å². The molecule has 2 aromatic heterocycles. The van der Waals surface area contributed by atoms with Gasteiger partial charge in [0, 0.05) is 19.8 Å². The van der Waals surface area contributed by atoms with Crippen molar-refractivity contribution in [3.05, 3.63) is 65.1 Å².